The fourth-order valence-electron chi connectivity index (χ4n) is 2.31. The lowest BCUT2D eigenvalue weighted by molar-refractivity contribution is 0.336. The molecule has 2 aromatic carbocycles. The Labute approximate surface area is 146 Å². The summed E-state index contributed by atoms with van der Waals surface area (Å²) in [4.78, 5) is 8.54. The van der Waals surface area contributed by atoms with Gasteiger partial charge in [0.15, 0.2) is 11.5 Å². The van der Waals surface area contributed by atoms with Gasteiger partial charge in [-0.05, 0) is 29.8 Å². The van der Waals surface area contributed by atoms with E-state index in [1.165, 1.54) is 0 Å². The van der Waals surface area contributed by atoms with E-state index in [1.807, 2.05) is 30.3 Å². The summed E-state index contributed by atoms with van der Waals surface area (Å²) in [6.07, 6.45) is 3.40. The first-order valence-corrected chi connectivity index (χ1v) is 7.60. The molecule has 0 aliphatic carbocycles. The van der Waals surface area contributed by atoms with Crippen LogP contribution in [-0.2, 0) is 0 Å². The third kappa shape index (κ3) is 3.63. The molecule has 0 saturated heterocycles. The normalized spacial score (nSPS) is 10.2. The molecule has 0 unspecified atom stereocenters. The second-order valence-corrected chi connectivity index (χ2v) is 5.08. The fourth-order valence-corrected chi connectivity index (χ4v) is 2.31. The van der Waals surface area contributed by atoms with E-state index < -0.39 is 0 Å². The number of aromatic nitrogens is 2. The van der Waals surface area contributed by atoms with E-state index in [4.69, 9.17) is 18.9 Å². The van der Waals surface area contributed by atoms with Crippen LogP contribution in [0.1, 0.15) is 0 Å². The first-order valence-electron chi connectivity index (χ1n) is 7.60. The van der Waals surface area contributed by atoms with Crippen molar-refractivity contribution in [1.29, 1.82) is 0 Å². The van der Waals surface area contributed by atoms with Crippen molar-refractivity contribution in [2.45, 2.75) is 0 Å². The molecule has 0 amide bonds. The third-order valence-corrected chi connectivity index (χ3v) is 3.63. The minimum Gasteiger partial charge on any atom is -0.497 e. The largest absolute Gasteiger partial charge is 0.497 e. The molecule has 0 atom stereocenters. The summed E-state index contributed by atoms with van der Waals surface area (Å²) in [6.45, 7) is 0. The van der Waals surface area contributed by atoms with E-state index in [0.717, 1.165) is 16.9 Å². The van der Waals surface area contributed by atoms with E-state index in [1.54, 1.807) is 45.9 Å². The van der Waals surface area contributed by atoms with Gasteiger partial charge in [-0.15, -0.1) is 0 Å². The molecule has 6 heteroatoms. The number of hydrogen-bond donors (Lipinski definition) is 0. The van der Waals surface area contributed by atoms with Crippen molar-refractivity contribution in [2.75, 3.05) is 21.3 Å². The van der Waals surface area contributed by atoms with Gasteiger partial charge in [0.2, 0.25) is 5.75 Å². The van der Waals surface area contributed by atoms with Crippen LogP contribution >= 0.6 is 0 Å². The number of para-hydroxylation sites is 1. The molecule has 0 saturated carbocycles. The van der Waals surface area contributed by atoms with Gasteiger partial charge in [0.1, 0.15) is 5.75 Å². The topological polar surface area (TPSA) is 62.7 Å². The standard InChI is InChI=1S/C19H18N2O4/c1-22-15-9-7-13(8-10-15)14-11-20-19(21-12-14)25-18-16(23-2)5-4-6-17(18)24-3/h4-12H,1-3H3. The lowest BCUT2D eigenvalue weighted by Gasteiger charge is -2.12. The third-order valence-electron chi connectivity index (χ3n) is 3.63. The molecular formula is C19H18N2O4. The predicted molar refractivity (Wildman–Crippen MR) is 93.6 cm³/mol. The minimum absolute atomic E-state index is 0.208. The Hall–Kier alpha value is -3.28. The fraction of sp³-hybridized carbons (Fsp3) is 0.158. The molecule has 0 spiro atoms. The van der Waals surface area contributed by atoms with Gasteiger partial charge in [-0.3, -0.25) is 0 Å². The van der Waals surface area contributed by atoms with Crippen LogP contribution in [0.25, 0.3) is 11.1 Å². The Kier molecular flexibility index (Phi) is 4.99. The number of methoxy groups -OCH3 is 3. The highest BCUT2D eigenvalue weighted by molar-refractivity contribution is 5.62. The summed E-state index contributed by atoms with van der Waals surface area (Å²) in [6, 6.07) is 13.3. The van der Waals surface area contributed by atoms with Crippen molar-refractivity contribution in [1.82, 2.24) is 9.97 Å². The molecule has 3 rings (SSSR count). The van der Waals surface area contributed by atoms with Crippen molar-refractivity contribution in [3.05, 3.63) is 54.9 Å². The van der Waals surface area contributed by atoms with Crippen molar-refractivity contribution in [3.63, 3.8) is 0 Å². The molecule has 1 aromatic heterocycles. The Morgan fingerprint density at radius 3 is 1.80 bits per heavy atom. The van der Waals surface area contributed by atoms with E-state index in [2.05, 4.69) is 9.97 Å². The van der Waals surface area contributed by atoms with Crippen LogP contribution in [0.4, 0.5) is 0 Å². The zero-order valence-electron chi connectivity index (χ0n) is 14.2. The Bertz CT molecular complexity index is 811. The van der Waals surface area contributed by atoms with E-state index in [0.29, 0.717) is 17.2 Å². The Morgan fingerprint density at radius 1 is 0.680 bits per heavy atom. The van der Waals surface area contributed by atoms with Crippen molar-refractivity contribution in [2.24, 2.45) is 0 Å². The van der Waals surface area contributed by atoms with E-state index >= 15 is 0 Å². The molecule has 3 aromatic rings. The molecule has 0 aliphatic rings. The van der Waals surface area contributed by atoms with E-state index in [-0.39, 0.29) is 6.01 Å². The number of benzene rings is 2. The Morgan fingerprint density at radius 2 is 1.28 bits per heavy atom. The second-order valence-electron chi connectivity index (χ2n) is 5.08. The van der Waals surface area contributed by atoms with Crippen LogP contribution in [0.5, 0.6) is 29.0 Å². The molecule has 6 nitrogen and oxygen atoms in total. The SMILES string of the molecule is COc1ccc(-c2cnc(Oc3c(OC)cccc3OC)nc2)cc1. The zero-order chi connectivity index (χ0) is 17.6. The molecule has 0 radical (unpaired) electrons. The minimum atomic E-state index is 0.208. The molecule has 0 aliphatic heterocycles. The lowest BCUT2D eigenvalue weighted by Crippen LogP contribution is -1.97. The monoisotopic (exact) mass is 338 g/mol. The molecule has 25 heavy (non-hydrogen) atoms. The van der Waals surface area contributed by atoms with E-state index in [9.17, 15) is 0 Å². The number of rotatable bonds is 6. The van der Waals surface area contributed by atoms with Gasteiger partial charge < -0.3 is 18.9 Å². The predicted octanol–water partition coefficient (Wildman–Crippen LogP) is 3.96. The molecule has 128 valence electrons. The second kappa shape index (κ2) is 7.53. The summed E-state index contributed by atoms with van der Waals surface area (Å²) in [5, 5.41) is 0. The van der Waals surface area contributed by atoms with Gasteiger partial charge in [0.05, 0.1) is 21.3 Å². The van der Waals surface area contributed by atoms with Crippen molar-refractivity contribution >= 4 is 0 Å². The van der Waals surface area contributed by atoms with Crippen molar-refractivity contribution < 1.29 is 18.9 Å². The quantitative estimate of drug-likeness (QED) is 0.678. The highest BCUT2D eigenvalue weighted by atomic mass is 16.5. The van der Waals surface area contributed by atoms with Crippen LogP contribution < -0.4 is 18.9 Å². The summed E-state index contributed by atoms with van der Waals surface area (Å²) < 4.78 is 21.5. The summed E-state index contributed by atoms with van der Waals surface area (Å²) in [5.41, 5.74) is 1.87. The maximum Gasteiger partial charge on any atom is 0.322 e. The van der Waals surface area contributed by atoms with Crippen LogP contribution in [0, 0.1) is 0 Å². The summed E-state index contributed by atoms with van der Waals surface area (Å²) in [7, 11) is 4.76. The van der Waals surface area contributed by atoms with Crippen molar-refractivity contribution in [3.8, 4) is 40.1 Å². The lowest BCUT2D eigenvalue weighted by atomic mass is 10.1. The molecule has 0 N–H and O–H groups in total. The number of nitrogens with zero attached hydrogens (tertiary/aromatic N) is 2. The van der Waals surface area contributed by atoms with Crippen LogP contribution in [-0.4, -0.2) is 31.3 Å². The maximum absolute atomic E-state index is 5.76. The Balaban J connectivity index is 1.83. The maximum atomic E-state index is 5.76. The van der Waals surface area contributed by atoms with Crippen LogP contribution in [0.2, 0.25) is 0 Å². The zero-order valence-corrected chi connectivity index (χ0v) is 14.2. The van der Waals surface area contributed by atoms with Gasteiger partial charge in [-0.2, -0.15) is 0 Å². The summed E-state index contributed by atoms with van der Waals surface area (Å²) in [5.74, 6) is 2.32. The van der Waals surface area contributed by atoms with Gasteiger partial charge >= 0.3 is 6.01 Å². The average molecular weight is 338 g/mol. The van der Waals surface area contributed by atoms with Gasteiger partial charge in [0.25, 0.3) is 0 Å². The smallest absolute Gasteiger partial charge is 0.322 e. The molecule has 0 bridgehead atoms. The highest BCUT2D eigenvalue weighted by Gasteiger charge is 2.14. The van der Waals surface area contributed by atoms with Crippen LogP contribution in [0.3, 0.4) is 0 Å². The molecule has 1 heterocycles. The van der Waals surface area contributed by atoms with Crippen LogP contribution in [0.15, 0.2) is 54.9 Å². The number of hydrogen-bond acceptors (Lipinski definition) is 6. The van der Waals surface area contributed by atoms with Gasteiger partial charge in [0, 0.05) is 18.0 Å². The molecule has 0 fully saturated rings. The first kappa shape index (κ1) is 16.6. The van der Waals surface area contributed by atoms with Gasteiger partial charge in [-0.25, -0.2) is 9.97 Å². The average Bonchev–Trinajstić information content (AvgIpc) is 2.69. The number of ether oxygens (including phenoxy) is 4. The highest BCUT2D eigenvalue weighted by Crippen LogP contribution is 2.39. The first-order chi connectivity index (χ1) is 12.2. The van der Waals surface area contributed by atoms with Gasteiger partial charge in [-0.1, -0.05) is 18.2 Å². The summed E-state index contributed by atoms with van der Waals surface area (Å²) >= 11 is 0. The molecular weight excluding hydrogens is 320 g/mol.